The summed E-state index contributed by atoms with van der Waals surface area (Å²) in [5.41, 5.74) is 0.184. The van der Waals surface area contributed by atoms with Gasteiger partial charge in [0.2, 0.25) is 0 Å². The normalized spacial score (nSPS) is 12.4. The number of rotatable bonds is 12. The zero-order valence-electron chi connectivity index (χ0n) is 23.8. The first-order valence-corrected chi connectivity index (χ1v) is 16.3. The number of anilines is 1. The molecule has 0 spiro atoms. The molecule has 0 bridgehead atoms. The molecule has 1 atom stereocenters. The van der Waals surface area contributed by atoms with Gasteiger partial charge in [-0.15, -0.1) is 6.58 Å². The molecule has 12 heteroatoms. The van der Waals surface area contributed by atoms with Crippen molar-refractivity contribution in [3.63, 3.8) is 0 Å². The molecule has 2 amide bonds. The van der Waals surface area contributed by atoms with Crippen LogP contribution in [0.25, 0.3) is 11.3 Å². The minimum Gasteiger partial charge on any atom is -0.478 e. The molecule has 1 aromatic heterocycles. The van der Waals surface area contributed by atoms with Gasteiger partial charge in [-0.05, 0) is 51.4 Å². The zero-order chi connectivity index (χ0) is 29.4. The van der Waals surface area contributed by atoms with Crippen LogP contribution in [0.1, 0.15) is 49.4 Å². The molecular weight excluding hydrogens is 520 g/mol. The van der Waals surface area contributed by atoms with Gasteiger partial charge in [-0.2, -0.15) is 0 Å². The van der Waals surface area contributed by atoms with E-state index < -0.39 is 37.9 Å². The van der Waals surface area contributed by atoms with Gasteiger partial charge in [0.25, 0.3) is 0 Å². The number of benzene rings is 1. The summed E-state index contributed by atoms with van der Waals surface area (Å²) in [6, 6.07) is 4.80. The number of hydrogen-bond donors (Lipinski definition) is 3. The van der Waals surface area contributed by atoms with Crippen LogP contribution in [0.4, 0.5) is 15.3 Å². The lowest BCUT2D eigenvalue weighted by Gasteiger charge is -2.23. The van der Waals surface area contributed by atoms with Crippen molar-refractivity contribution in [2.24, 2.45) is 0 Å². The van der Waals surface area contributed by atoms with Crippen LogP contribution < -0.4 is 10.6 Å². The van der Waals surface area contributed by atoms with E-state index in [2.05, 4.69) is 41.6 Å². The molecule has 2 aromatic rings. The Morgan fingerprint density at radius 2 is 1.90 bits per heavy atom. The fourth-order valence-corrected chi connectivity index (χ4v) is 4.28. The molecule has 0 saturated heterocycles. The average molecular weight is 561 g/mol. The van der Waals surface area contributed by atoms with Crippen molar-refractivity contribution in [3.05, 3.63) is 48.4 Å². The van der Waals surface area contributed by atoms with Gasteiger partial charge in [-0.25, -0.2) is 19.4 Å². The van der Waals surface area contributed by atoms with Crippen LogP contribution in [-0.2, 0) is 20.9 Å². The van der Waals surface area contributed by atoms with Crippen molar-refractivity contribution in [3.8, 4) is 11.3 Å². The minimum atomic E-state index is -1.32. The highest BCUT2D eigenvalue weighted by atomic mass is 28.3. The van der Waals surface area contributed by atoms with Crippen LogP contribution in [0, 0.1) is 0 Å². The van der Waals surface area contributed by atoms with E-state index in [-0.39, 0.29) is 18.0 Å². The summed E-state index contributed by atoms with van der Waals surface area (Å²) in [7, 11) is -0.102. The van der Waals surface area contributed by atoms with E-state index in [9.17, 15) is 19.5 Å². The van der Waals surface area contributed by atoms with Gasteiger partial charge in [-0.3, -0.25) is 5.32 Å². The second-order valence-electron chi connectivity index (χ2n) is 11.2. The largest absolute Gasteiger partial charge is 0.478 e. The Morgan fingerprint density at radius 1 is 1.21 bits per heavy atom. The maximum absolute atomic E-state index is 12.6. The summed E-state index contributed by atoms with van der Waals surface area (Å²) in [5.74, 6) is -0.743. The van der Waals surface area contributed by atoms with Gasteiger partial charge in [0, 0.05) is 32.1 Å². The van der Waals surface area contributed by atoms with E-state index in [1.54, 1.807) is 49.7 Å². The molecule has 0 aliphatic carbocycles. The molecule has 0 radical (unpaired) electrons. The van der Waals surface area contributed by atoms with Crippen LogP contribution in [0.2, 0.25) is 25.7 Å². The molecule has 3 N–H and O–H groups in total. The average Bonchev–Trinajstić information content (AvgIpc) is 3.23. The van der Waals surface area contributed by atoms with Gasteiger partial charge < -0.3 is 29.2 Å². The SMILES string of the molecule is C=CC[C@H](NC(=O)OC(C)(C)C)c1nc(-c2ccc(NC(=O)OC)cc2C(=O)O)cn1COCC[Si](C)(C)C. The minimum absolute atomic E-state index is 0.0693. The number of carbonyl (C=O) groups excluding carboxylic acids is 2. The third-order valence-corrected chi connectivity index (χ3v) is 7.10. The highest BCUT2D eigenvalue weighted by Crippen LogP contribution is 2.29. The van der Waals surface area contributed by atoms with Crippen molar-refractivity contribution < 1.29 is 33.7 Å². The van der Waals surface area contributed by atoms with E-state index >= 15 is 0 Å². The number of aromatic nitrogens is 2. The van der Waals surface area contributed by atoms with E-state index in [1.165, 1.54) is 13.2 Å². The number of aromatic carboxylic acids is 1. The molecule has 0 aliphatic rings. The Morgan fingerprint density at radius 3 is 2.46 bits per heavy atom. The summed E-state index contributed by atoms with van der Waals surface area (Å²) in [6.45, 7) is 16.6. The van der Waals surface area contributed by atoms with Crippen molar-refractivity contribution >= 4 is 31.9 Å². The van der Waals surface area contributed by atoms with E-state index in [0.717, 1.165) is 6.04 Å². The predicted octanol–water partition coefficient (Wildman–Crippen LogP) is 5.88. The highest BCUT2D eigenvalue weighted by molar-refractivity contribution is 6.76. The van der Waals surface area contributed by atoms with E-state index in [0.29, 0.717) is 30.1 Å². The smallest absolute Gasteiger partial charge is 0.411 e. The van der Waals surface area contributed by atoms with Crippen molar-refractivity contribution in [2.75, 3.05) is 19.0 Å². The molecule has 0 fully saturated rings. The number of carboxylic acids is 1. The Bertz CT molecular complexity index is 1180. The number of nitrogens with one attached hydrogen (secondary N) is 2. The first kappa shape index (κ1) is 31.6. The fourth-order valence-electron chi connectivity index (χ4n) is 3.52. The molecule has 11 nitrogen and oxygen atoms in total. The lowest BCUT2D eigenvalue weighted by Crippen LogP contribution is -2.36. The molecule has 0 unspecified atom stereocenters. The number of ether oxygens (including phenoxy) is 3. The molecule has 1 heterocycles. The Hall–Kier alpha value is -3.64. The summed E-state index contributed by atoms with van der Waals surface area (Å²) >= 11 is 0. The Kier molecular flexibility index (Phi) is 10.9. The summed E-state index contributed by atoms with van der Waals surface area (Å²) in [5, 5.41) is 15.2. The molecule has 39 heavy (non-hydrogen) atoms. The monoisotopic (exact) mass is 560 g/mol. The summed E-state index contributed by atoms with van der Waals surface area (Å²) < 4.78 is 17.7. The zero-order valence-corrected chi connectivity index (χ0v) is 24.8. The molecule has 214 valence electrons. The van der Waals surface area contributed by atoms with E-state index in [1.807, 2.05) is 0 Å². The maximum atomic E-state index is 12.6. The maximum Gasteiger partial charge on any atom is 0.411 e. The van der Waals surface area contributed by atoms with Crippen molar-refractivity contribution in [2.45, 2.75) is 71.3 Å². The highest BCUT2D eigenvalue weighted by Gasteiger charge is 2.25. The second-order valence-corrected chi connectivity index (χ2v) is 16.8. The number of hydrogen-bond acceptors (Lipinski definition) is 7. The fraction of sp³-hybridized carbons (Fsp3) is 0.481. The number of amides is 2. The number of carboxylic acid groups (broad SMARTS) is 1. The van der Waals surface area contributed by atoms with Crippen LogP contribution in [0.5, 0.6) is 0 Å². The third-order valence-electron chi connectivity index (χ3n) is 5.40. The topological polar surface area (TPSA) is 141 Å². The second kappa shape index (κ2) is 13.4. The van der Waals surface area contributed by atoms with Gasteiger partial charge in [0.15, 0.2) is 0 Å². The molecule has 1 aromatic carbocycles. The van der Waals surface area contributed by atoms with Crippen LogP contribution in [-0.4, -0.2) is 60.2 Å². The van der Waals surface area contributed by atoms with Crippen LogP contribution >= 0.6 is 0 Å². The third kappa shape index (κ3) is 10.2. The predicted molar refractivity (Wildman–Crippen MR) is 152 cm³/mol. The van der Waals surface area contributed by atoms with Crippen LogP contribution in [0.3, 0.4) is 0 Å². The quantitative estimate of drug-likeness (QED) is 0.166. The number of methoxy groups -OCH3 is 1. The van der Waals surface area contributed by atoms with Crippen LogP contribution in [0.15, 0.2) is 37.1 Å². The first-order valence-electron chi connectivity index (χ1n) is 12.6. The van der Waals surface area contributed by atoms with Gasteiger partial charge in [0.05, 0.1) is 24.4 Å². The number of nitrogens with zero attached hydrogens (tertiary/aromatic N) is 2. The Labute approximate surface area is 230 Å². The van der Waals surface area contributed by atoms with Crippen molar-refractivity contribution in [1.82, 2.24) is 14.9 Å². The lowest BCUT2D eigenvalue weighted by atomic mass is 10.0. The standard InChI is InChI=1S/C27H40N4O7Si/c1-9-10-21(30-26(35)38-27(2,3)4)23-29-22(16-31(23)17-37-13-14-39(6,7)8)19-12-11-18(28-25(34)36-5)15-20(19)24(32)33/h9,11-12,15-16,21H,1,10,13-14,17H2,2-8H3,(H,28,34)(H,30,35)(H,32,33)/t21-/m0/s1. The van der Waals surface area contributed by atoms with Crippen molar-refractivity contribution in [1.29, 1.82) is 0 Å². The molecular formula is C27H40N4O7Si. The molecule has 0 aliphatic heterocycles. The Balaban J connectivity index is 2.51. The van der Waals surface area contributed by atoms with E-state index in [4.69, 9.17) is 14.5 Å². The van der Waals surface area contributed by atoms with Gasteiger partial charge in [-0.1, -0.05) is 25.7 Å². The first-order chi connectivity index (χ1) is 18.1. The molecule has 0 saturated carbocycles. The number of imidazole rings is 1. The number of alkyl carbamates (subject to hydrolysis) is 1. The van der Waals surface area contributed by atoms with Gasteiger partial charge >= 0.3 is 18.2 Å². The van der Waals surface area contributed by atoms with Gasteiger partial charge in [0.1, 0.15) is 18.2 Å². The summed E-state index contributed by atoms with van der Waals surface area (Å²) in [4.78, 5) is 41.1. The molecule has 2 rings (SSSR count). The summed E-state index contributed by atoms with van der Waals surface area (Å²) in [6.07, 6.45) is 2.35. The number of carbonyl (C=O) groups is 3. The lowest BCUT2D eigenvalue weighted by molar-refractivity contribution is 0.0491.